The number of nitrogens with two attached hydrogens (primary N) is 1. The SMILES string of the molecule is CN1CCN([C@@H]2CCCN(c3cnc(C(N)=O)c(Nc4ccc(N5CCC6(CCCN(c7ccc8c(c7)C(=O)N(C7CCC(=O)NC7=O)C8=O)C6)CC5)cc4)n3)C2)C1=O. The molecule has 0 radical (unpaired) electrons. The first-order valence-electron chi connectivity index (χ1n) is 20.6. The van der Waals surface area contributed by atoms with Crippen LogP contribution in [0, 0.1) is 5.41 Å². The molecule has 4 N–H and O–H groups in total. The summed E-state index contributed by atoms with van der Waals surface area (Å²) >= 11 is 0. The number of rotatable bonds is 8. The van der Waals surface area contributed by atoms with Gasteiger partial charge in [0.1, 0.15) is 11.9 Å². The number of carbonyl (C=O) groups is 6. The lowest BCUT2D eigenvalue weighted by molar-refractivity contribution is -0.136. The van der Waals surface area contributed by atoms with E-state index in [-0.39, 0.29) is 47.4 Å². The number of hydrogen-bond donors (Lipinski definition) is 3. The fraction of sp³-hybridized carbons (Fsp3) is 0.476. The Hall–Kier alpha value is -6.26. The van der Waals surface area contributed by atoms with E-state index in [0.717, 1.165) is 99.8 Å². The molecule has 0 aliphatic carbocycles. The van der Waals surface area contributed by atoms with Crippen LogP contribution >= 0.6 is 0 Å². The van der Waals surface area contributed by atoms with Gasteiger partial charge in [-0.05, 0) is 92.8 Å². The van der Waals surface area contributed by atoms with E-state index in [0.29, 0.717) is 24.5 Å². The average molecular weight is 804 g/mol. The van der Waals surface area contributed by atoms with Crippen molar-refractivity contribution in [2.45, 2.75) is 63.5 Å². The maximum absolute atomic E-state index is 13.5. The zero-order valence-electron chi connectivity index (χ0n) is 33.2. The molecule has 9 rings (SSSR count). The molecule has 0 bridgehead atoms. The normalized spacial score (nSPS) is 23.3. The van der Waals surface area contributed by atoms with Crippen LogP contribution in [0.25, 0.3) is 0 Å². The summed E-state index contributed by atoms with van der Waals surface area (Å²) in [4.78, 5) is 96.8. The minimum atomic E-state index is -0.989. The van der Waals surface area contributed by atoms with Crippen molar-refractivity contribution in [1.82, 2.24) is 30.0 Å². The number of urea groups is 1. The number of amides is 7. The quantitative estimate of drug-likeness (QED) is 0.282. The van der Waals surface area contributed by atoms with E-state index < -0.39 is 35.6 Å². The second-order valence-corrected chi connectivity index (χ2v) is 16.8. The molecule has 308 valence electrons. The van der Waals surface area contributed by atoms with Crippen molar-refractivity contribution in [1.29, 1.82) is 0 Å². The number of likely N-dealkylation sites (N-methyl/N-ethyl adjacent to an activating group) is 1. The molecule has 0 saturated carbocycles. The van der Waals surface area contributed by atoms with Gasteiger partial charge in [0.25, 0.3) is 17.7 Å². The predicted molar refractivity (Wildman–Crippen MR) is 219 cm³/mol. The van der Waals surface area contributed by atoms with Gasteiger partial charge in [0.05, 0.1) is 23.4 Å². The molecule has 7 heterocycles. The minimum absolute atomic E-state index is 0.0530. The van der Waals surface area contributed by atoms with Crippen molar-refractivity contribution < 1.29 is 28.8 Å². The number of piperidine rings is 4. The van der Waals surface area contributed by atoms with E-state index in [1.165, 1.54) is 0 Å². The van der Waals surface area contributed by atoms with Gasteiger partial charge in [0.15, 0.2) is 11.5 Å². The molecule has 3 aromatic rings. The van der Waals surface area contributed by atoms with Crippen LogP contribution in [-0.2, 0) is 9.59 Å². The Morgan fingerprint density at radius 2 is 1.58 bits per heavy atom. The molecule has 2 aromatic carbocycles. The Bertz CT molecular complexity index is 2220. The number of imide groups is 2. The molecule has 6 aliphatic rings. The van der Waals surface area contributed by atoms with Gasteiger partial charge < -0.3 is 35.6 Å². The second-order valence-electron chi connectivity index (χ2n) is 16.8. The maximum atomic E-state index is 13.5. The highest BCUT2D eigenvalue weighted by Gasteiger charge is 2.45. The lowest BCUT2D eigenvalue weighted by atomic mass is 9.72. The molecule has 6 aliphatic heterocycles. The largest absolute Gasteiger partial charge is 0.371 e. The van der Waals surface area contributed by atoms with E-state index in [4.69, 9.17) is 10.7 Å². The lowest BCUT2D eigenvalue weighted by Crippen LogP contribution is -2.54. The third-order valence-electron chi connectivity index (χ3n) is 13.2. The molecule has 2 atom stereocenters. The molecular formula is C42H49N11O6. The van der Waals surface area contributed by atoms with Gasteiger partial charge in [-0.2, -0.15) is 0 Å². The van der Waals surface area contributed by atoms with Crippen LogP contribution in [0.4, 0.5) is 33.5 Å². The molecule has 1 unspecified atom stereocenters. The standard InChI is InChI=1S/C42H49N11O6/c1-48-20-21-52(41(48)59)29-4-2-16-50(24-29)33-23-44-35(36(43)55)37(46-33)45-26-5-7-27(8-6-26)49-18-14-42(15-19-49)13-3-17-51(25-42)28-9-10-30-31(22-28)40(58)53(39(30)57)32-11-12-34(54)47-38(32)56/h5-10,22-23,29,32H,2-4,11-21,24-25H2,1H3,(H2,43,55)(H,45,46)(H,47,54,56)/t29-,32?/m1/s1. The van der Waals surface area contributed by atoms with Crippen molar-refractivity contribution in [3.05, 3.63) is 65.5 Å². The van der Waals surface area contributed by atoms with Crippen molar-refractivity contribution in [2.24, 2.45) is 11.1 Å². The summed E-state index contributed by atoms with van der Waals surface area (Å²) in [5, 5.41) is 5.54. The Kier molecular flexibility index (Phi) is 9.83. The summed E-state index contributed by atoms with van der Waals surface area (Å²) in [5.41, 5.74) is 9.20. The number of nitrogens with one attached hydrogen (secondary N) is 2. The van der Waals surface area contributed by atoms with Crippen LogP contribution in [0.3, 0.4) is 0 Å². The first-order valence-corrected chi connectivity index (χ1v) is 20.6. The van der Waals surface area contributed by atoms with Crippen molar-refractivity contribution >= 4 is 64.3 Å². The van der Waals surface area contributed by atoms with Gasteiger partial charge in [-0.25, -0.2) is 14.8 Å². The molecule has 17 nitrogen and oxygen atoms in total. The molecule has 17 heteroatoms. The summed E-state index contributed by atoms with van der Waals surface area (Å²) in [6, 6.07) is 12.6. The van der Waals surface area contributed by atoms with Gasteiger partial charge in [0, 0.05) is 82.9 Å². The lowest BCUT2D eigenvalue weighted by Gasteiger charge is -2.49. The fourth-order valence-electron chi connectivity index (χ4n) is 9.85. The topological polar surface area (TPSA) is 198 Å². The number of aromatic nitrogens is 2. The highest BCUT2D eigenvalue weighted by atomic mass is 16.2. The number of carbonyl (C=O) groups excluding carboxylic acids is 6. The second kappa shape index (κ2) is 15.2. The van der Waals surface area contributed by atoms with Gasteiger partial charge >= 0.3 is 6.03 Å². The number of anilines is 5. The van der Waals surface area contributed by atoms with Gasteiger partial charge in [0.2, 0.25) is 11.8 Å². The van der Waals surface area contributed by atoms with E-state index in [1.54, 1.807) is 23.2 Å². The number of nitrogens with zero attached hydrogens (tertiary/aromatic N) is 8. The van der Waals surface area contributed by atoms with Crippen LogP contribution in [0.1, 0.15) is 82.6 Å². The van der Waals surface area contributed by atoms with Crippen LogP contribution in [0.5, 0.6) is 0 Å². The first-order chi connectivity index (χ1) is 28.5. The molecule has 5 saturated heterocycles. The molecular weight excluding hydrogens is 755 g/mol. The Morgan fingerprint density at radius 1 is 0.831 bits per heavy atom. The zero-order valence-corrected chi connectivity index (χ0v) is 33.2. The fourth-order valence-corrected chi connectivity index (χ4v) is 9.85. The van der Waals surface area contributed by atoms with E-state index >= 15 is 0 Å². The Labute approximate surface area is 341 Å². The van der Waals surface area contributed by atoms with Crippen molar-refractivity contribution in [3.63, 3.8) is 0 Å². The molecule has 5 fully saturated rings. The summed E-state index contributed by atoms with van der Waals surface area (Å²) < 4.78 is 0. The first kappa shape index (κ1) is 38.3. The predicted octanol–water partition coefficient (Wildman–Crippen LogP) is 2.94. The van der Waals surface area contributed by atoms with E-state index in [1.807, 2.05) is 30.1 Å². The monoisotopic (exact) mass is 803 g/mol. The van der Waals surface area contributed by atoms with Gasteiger partial charge in [-0.15, -0.1) is 0 Å². The number of fused-ring (bicyclic) bond motifs is 1. The highest BCUT2D eigenvalue weighted by Crippen LogP contribution is 2.43. The van der Waals surface area contributed by atoms with Crippen LogP contribution in [-0.4, -0.2) is 132 Å². The maximum Gasteiger partial charge on any atom is 0.320 e. The smallest absolute Gasteiger partial charge is 0.320 e. The summed E-state index contributed by atoms with van der Waals surface area (Å²) in [6.45, 7) is 6.29. The Balaban J connectivity index is 0.830. The summed E-state index contributed by atoms with van der Waals surface area (Å²) in [5.74, 6) is -1.77. The van der Waals surface area contributed by atoms with Gasteiger partial charge in [-0.1, -0.05) is 0 Å². The summed E-state index contributed by atoms with van der Waals surface area (Å²) in [7, 11) is 1.83. The average Bonchev–Trinajstić information content (AvgIpc) is 3.70. The van der Waals surface area contributed by atoms with Gasteiger partial charge in [-0.3, -0.25) is 34.2 Å². The van der Waals surface area contributed by atoms with E-state index in [2.05, 4.69) is 42.5 Å². The number of hydrogen-bond acceptors (Lipinski definition) is 12. The number of primary amides is 1. The Morgan fingerprint density at radius 3 is 2.31 bits per heavy atom. The van der Waals surface area contributed by atoms with E-state index in [9.17, 15) is 28.8 Å². The minimum Gasteiger partial charge on any atom is -0.371 e. The molecule has 59 heavy (non-hydrogen) atoms. The van der Waals surface area contributed by atoms with Crippen molar-refractivity contribution in [3.8, 4) is 0 Å². The van der Waals surface area contributed by atoms with Crippen molar-refractivity contribution in [2.75, 3.05) is 79.4 Å². The molecule has 7 amide bonds. The number of benzene rings is 2. The molecule has 1 spiro atoms. The summed E-state index contributed by atoms with van der Waals surface area (Å²) in [6.07, 6.45) is 7.74. The van der Waals surface area contributed by atoms with Crippen LogP contribution in [0.2, 0.25) is 0 Å². The zero-order chi connectivity index (χ0) is 41.0. The van der Waals surface area contributed by atoms with Crippen LogP contribution < -0.4 is 31.1 Å². The highest BCUT2D eigenvalue weighted by molar-refractivity contribution is 6.23. The van der Waals surface area contributed by atoms with Crippen LogP contribution in [0.15, 0.2) is 48.7 Å². The third-order valence-corrected chi connectivity index (χ3v) is 13.2. The molecule has 1 aromatic heterocycles. The third kappa shape index (κ3) is 7.16.